The quantitative estimate of drug-likeness (QED) is 0.359. The van der Waals surface area contributed by atoms with E-state index in [9.17, 15) is 13.7 Å². The summed E-state index contributed by atoms with van der Waals surface area (Å²) in [4.78, 5) is 33.6. The van der Waals surface area contributed by atoms with Gasteiger partial charge in [-0.15, -0.1) is 0 Å². The monoisotopic (exact) mass is 316 g/mol. The van der Waals surface area contributed by atoms with E-state index >= 15 is 0 Å². The predicted molar refractivity (Wildman–Crippen MR) is 55.4 cm³/mol. The van der Waals surface area contributed by atoms with Crippen LogP contribution in [0, 0.1) is 0 Å². The fourth-order valence-corrected chi connectivity index (χ4v) is 3.49. The number of phosphoric ester groups is 1. The smallest absolute Gasteiger partial charge is 0.302 e. The number of hydrogen-bond donors (Lipinski definition) is 4. The van der Waals surface area contributed by atoms with Crippen LogP contribution in [-0.4, -0.2) is 43.5 Å². The minimum atomic E-state index is -5.37. The van der Waals surface area contributed by atoms with Crippen LogP contribution in [0.3, 0.4) is 0 Å². The molecule has 14 heteroatoms. The van der Waals surface area contributed by atoms with Crippen molar-refractivity contribution in [1.82, 2.24) is 0 Å². The molecule has 0 aromatic carbocycles. The minimum Gasteiger partial charge on any atom is -0.302 e. The Labute approximate surface area is 101 Å². The normalized spacial score (nSPS) is 19.3. The van der Waals surface area contributed by atoms with Crippen molar-refractivity contribution in [3.05, 3.63) is 0 Å². The summed E-state index contributed by atoms with van der Waals surface area (Å²) < 4.78 is 42.4. The molecule has 0 aliphatic heterocycles. The summed E-state index contributed by atoms with van der Waals surface area (Å²) in [6, 6.07) is 0. The number of phosphoric acid groups is 3. The lowest BCUT2D eigenvalue weighted by Gasteiger charge is -2.15. The summed E-state index contributed by atoms with van der Waals surface area (Å²) >= 11 is 0. The first kappa shape index (κ1) is 19.3. The van der Waals surface area contributed by atoms with Crippen LogP contribution in [0.4, 0.5) is 0 Å². The highest BCUT2D eigenvalue weighted by Gasteiger charge is 2.40. The Morgan fingerprint density at radius 3 is 1.69 bits per heavy atom. The van der Waals surface area contributed by atoms with Crippen molar-refractivity contribution in [2.24, 2.45) is 0 Å². The van der Waals surface area contributed by atoms with Crippen LogP contribution >= 0.6 is 23.5 Å². The molecule has 0 aromatic heterocycles. The highest BCUT2D eigenvalue weighted by atomic mass is 31.3. The Morgan fingerprint density at radius 1 is 0.938 bits per heavy atom. The highest BCUT2D eigenvalue weighted by molar-refractivity contribution is 7.66. The lowest BCUT2D eigenvalue weighted by Crippen LogP contribution is -1.95. The summed E-state index contributed by atoms with van der Waals surface area (Å²) in [5, 5.41) is 0. The Balaban J connectivity index is 0. The van der Waals surface area contributed by atoms with E-state index in [1.165, 1.54) is 6.92 Å². The molecule has 0 aliphatic rings. The molecule has 0 rings (SSSR count). The largest absolute Gasteiger partial charge is 0.490 e. The molecule has 0 spiro atoms. The van der Waals surface area contributed by atoms with Crippen LogP contribution in [-0.2, 0) is 26.8 Å². The molecule has 4 N–H and O–H groups in total. The van der Waals surface area contributed by atoms with Gasteiger partial charge in [0, 0.05) is 0 Å². The third-order valence-corrected chi connectivity index (χ3v) is 4.62. The molecule has 0 aliphatic carbocycles. The standard InChI is InChI=1S/C2H9O10P3.Al.3H/c1-2-10-14(6,7)12-15(8,9)11-13(3,4)5;;;;/h2H2,1H3,(H,6,7)(H,8,9)(H2,3,4,5);;;;. The second-order valence-corrected chi connectivity index (χ2v) is 6.43. The van der Waals surface area contributed by atoms with Crippen molar-refractivity contribution in [2.75, 3.05) is 6.61 Å². The third kappa shape index (κ3) is 10.1. The second kappa shape index (κ2) is 6.76. The van der Waals surface area contributed by atoms with Crippen LogP contribution in [0.5, 0.6) is 0 Å². The number of rotatable bonds is 6. The molecule has 0 aromatic rings. The Bertz CT molecular complexity index is 346. The van der Waals surface area contributed by atoms with Crippen molar-refractivity contribution in [1.29, 1.82) is 0 Å². The zero-order valence-corrected chi connectivity index (χ0v) is 9.97. The summed E-state index contributed by atoms with van der Waals surface area (Å²) in [5.74, 6) is 0. The summed E-state index contributed by atoms with van der Waals surface area (Å²) in [6.07, 6.45) is 0. The number of hydrogen-bond acceptors (Lipinski definition) is 6. The Kier molecular flexibility index (Phi) is 8.15. The van der Waals surface area contributed by atoms with Gasteiger partial charge in [0.1, 0.15) is 0 Å². The van der Waals surface area contributed by atoms with E-state index in [4.69, 9.17) is 19.6 Å². The van der Waals surface area contributed by atoms with Crippen molar-refractivity contribution < 1.29 is 46.4 Å². The van der Waals surface area contributed by atoms with Gasteiger partial charge in [-0.25, -0.2) is 13.7 Å². The van der Waals surface area contributed by atoms with Crippen molar-refractivity contribution in [2.45, 2.75) is 6.92 Å². The van der Waals surface area contributed by atoms with Gasteiger partial charge in [0.25, 0.3) is 0 Å². The van der Waals surface area contributed by atoms with E-state index in [2.05, 4.69) is 13.1 Å². The summed E-state index contributed by atoms with van der Waals surface area (Å²) in [7, 11) is -15.6. The topological polar surface area (TPSA) is 160 Å². The fraction of sp³-hybridized carbons (Fsp3) is 1.00. The summed E-state index contributed by atoms with van der Waals surface area (Å²) in [6.45, 7) is 0.974. The molecule has 2 atom stereocenters. The van der Waals surface area contributed by atoms with Crippen LogP contribution in [0.25, 0.3) is 0 Å². The maximum atomic E-state index is 10.8. The van der Waals surface area contributed by atoms with E-state index in [0.717, 1.165) is 0 Å². The average Bonchev–Trinajstić information content (AvgIpc) is 1.74. The molecule has 0 heterocycles. The third-order valence-electron chi connectivity index (χ3n) is 0.708. The molecule has 98 valence electrons. The van der Waals surface area contributed by atoms with Crippen molar-refractivity contribution in [3.8, 4) is 0 Å². The van der Waals surface area contributed by atoms with E-state index in [1.54, 1.807) is 0 Å². The van der Waals surface area contributed by atoms with Gasteiger partial charge in [0.2, 0.25) is 0 Å². The maximum absolute atomic E-state index is 10.8. The first-order valence-corrected chi connectivity index (χ1v) is 7.78. The minimum absolute atomic E-state index is 0. The van der Waals surface area contributed by atoms with Gasteiger partial charge in [-0.2, -0.15) is 8.62 Å². The lowest BCUT2D eigenvalue weighted by atomic mass is 10.9. The zero-order valence-electron chi connectivity index (χ0n) is 7.29. The average molecular weight is 316 g/mol. The molecule has 0 radical (unpaired) electrons. The summed E-state index contributed by atoms with van der Waals surface area (Å²) in [5.41, 5.74) is 0. The maximum Gasteiger partial charge on any atom is 0.490 e. The van der Waals surface area contributed by atoms with E-state index in [-0.39, 0.29) is 24.0 Å². The lowest BCUT2D eigenvalue weighted by molar-refractivity contribution is 0.177. The Hall–Kier alpha value is 0.942. The Morgan fingerprint density at radius 2 is 1.38 bits per heavy atom. The van der Waals surface area contributed by atoms with Crippen LogP contribution in [0.15, 0.2) is 0 Å². The molecule has 2 unspecified atom stereocenters. The van der Waals surface area contributed by atoms with Crippen LogP contribution < -0.4 is 0 Å². The van der Waals surface area contributed by atoms with Gasteiger partial charge in [-0.1, -0.05) is 0 Å². The van der Waals surface area contributed by atoms with Gasteiger partial charge in [-0.05, 0) is 6.92 Å². The SMILES string of the molecule is CCOP(=O)(O)OP(=O)(O)OP(=O)(O)O.[AlH3]. The first-order valence-electron chi connectivity index (χ1n) is 3.26. The molecule has 0 bridgehead atoms. The first-order chi connectivity index (χ1) is 6.47. The predicted octanol–water partition coefficient (Wildman–Crippen LogP) is -0.834. The van der Waals surface area contributed by atoms with E-state index in [1.807, 2.05) is 0 Å². The zero-order chi connectivity index (χ0) is 12.3. The molecular formula is C2H12AlO10P3. The van der Waals surface area contributed by atoms with E-state index in [0.29, 0.717) is 0 Å². The molecular weight excluding hydrogens is 304 g/mol. The van der Waals surface area contributed by atoms with Gasteiger partial charge >= 0.3 is 23.5 Å². The molecule has 10 nitrogen and oxygen atoms in total. The molecule has 0 amide bonds. The molecule has 0 saturated carbocycles. The molecule has 16 heavy (non-hydrogen) atoms. The van der Waals surface area contributed by atoms with Gasteiger partial charge in [0.15, 0.2) is 17.4 Å². The fourth-order valence-electron chi connectivity index (χ4n) is 0.466. The molecule has 0 fully saturated rings. The van der Waals surface area contributed by atoms with Gasteiger partial charge in [0.05, 0.1) is 6.61 Å². The van der Waals surface area contributed by atoms with Gasteiger partial charge < -0.3 is 19.6 Å². The van der Waals surface area contributed by atoms with Crippen LogP contribution in [0.1, 0.15) is 6.92 Å². The van der Waals surface area contributed by atoms with Gasteiger partial charge in [-0.3, -0.25) is 4.52 Å². The van der Waals surface area contributed by atoms with Crippen molar-refractivity contribution >= 4 is 40.8 Å². The molecule has 0 saturated heterocycles. The van der Waals surface area contributed by atoms with E-state index < -0.39 is 23.5 Å². The second-order valence-electron chi connectivity index (χ2n) is 2.01. The van der Waals surface area contributed by atoms with Crippen LogP contribution in [0.2, 0.25) is 0 Å². The highest BCUT2D eigenvalue weighted by Crippen LogP contribution is 2.66. The van der Waals surface area contributed by atoms with Crippen molar-refractivity contribution in [3.63, 3.8) is 0 Å².